The zero-order valence-corrected chi connectivity index (χ0v) is 13.0. The Morgan fingerprint density at radius 3 is 2.67 bits per heavy atom. The van der Waals surface area contributed by atoms with Crippen LogP contribution in [0.2, 0.25) is 0 Å². The van der Waals surface area contributed by atoms with Crippen LogP contribution in [0.4, 0.5) is 4.39 Å². The lowest BCUT2D eigenvalue weighted by Crippen LogP contribution is -2.25. The summed E-state index contributed by atoms with van der Waals surface area (Å²) in [4.78, 5) is 1.14. The maximum absolute atomic E-state index is 13.1. The highest BCUT2D eigenvalue weighted by atomic mass is 32.2. The Kier molecular flexibility index (Phi) is 7.06. The lowest BCUT2D eigenvalue weighted by atomic mass is 9.96. The summed E-state index contributed by atoms with van der Waals surface area (Å²) < 4.78 is 22.0. The molecule has 3 nitrogen and oxygen atoms in total. The smallest absolute Gasteiger partial charge is 0.139 e. The molecule has 0 atom stereocenters. The summed E-state index contributed by atoms with van der Waals surface area (Å²) in [5, 5.41) is 0. The van der Waals surface area contributed by atoms with Gasteiger partial charge in [0.25, 0.3) is 0 Å². The van der Waals surface area contributed by atoms with Gasteiger partial charge in [0.15, 0.2) is 0 Å². The van der Waals surface area contributed by atoms with Crippen LogP contribution in [0.25, 0.3) is 0 Å². The van der Waals surface area contributed by atoms with Gasteiger partial charge in [-0.15, -0.1) is 0 Å². The van der Waals surface area contributed by atoms with Crippen LogP contribution in [-0.2, 0) is 0 Å². The molecule has 0 radical (unpaired) electrons. The zero-order valence-electron chi connectivity index (χ0n) is 12.2. The van der Waals surface area contributed by atoms with Crippen molar-refractivity contribution in [1.29, 1.82) is 0 Å². The van der Waals surface area contributed by atoms with E-state index in [1.54, 1.807) is 11.9 Å². The average Bonchev–Trinajstić information content (AvgIpc) is 2.53. The van der Waals surface area contributed by atoms with E-state index < -0.39 is 0 Å². The first-order chi connectivity index (χ1) is 10.3. The van der Waals surface area contributed by atoms with Gasteiger partial charge in [-0.25, -0.2) is 4.39 Å². The molecule has 1 aromatic rings. The third-order valence-corrected chi connectivity index (χ3v) is 4.45. The molecular formula is C16H23FN2OS. The summed E-state index contributed by atoms with van der Waals surface area (Å²) in [6.45, 7) is 0.127. The van der Waals surface area contributed by atoms with Gasteiger partial charge in [-0.3, -0.25) is 4.72 Å². The molecule has 1 fully saturated rings. The molecule has 21 heavy (non-hydrogen) atoms. The number of nitrogens with one attached hydrogen (secondary N) is 1. The van der Waals surface area contributed by atoms with Gasteiger partial charge in [-0.2, -0.15) is 0 Å². The molecule has 116 valence electrons. The fourth-order valence-electron chi connectivity index (χ4n) is 2.31. The van der Waals surface area contributed by atoms with Crippen LogP contribution in [-0.4, -0.2) is 19.2 Å². The summed E-state index contributed by atoms with van der Waals surface area (Å²) in [7, 11) is 0. The standard InChI is InChI=1S/C16H23FN2OS/c17-13(10-11-18)12-20-15-6-8-16(9-7-15)21-19-14-4-2-1-3-5-14/h6-10,14,19H,1-5,11-12,18H2/b13-10+. The monoisotopic (exact) mass is 310 g/mol. The number of rotatable bonds is 7. The highest BCUT2D eigenvalue weighted by Crippen LogP contribution is 2.24. The van der Waals surface area contributed by atoms with Crippen molar-refractivity contribution in [2.24, 2.45) is 5.73 Å². The van der Waals surface area contributed by atoms with Crippen LogP contribution in [0.3, 0.4) is 0 Å². The largest absolute Gasteiger partial charge is 0.487 e. The van der Waals surface area contributed by atoms with E-state index in [-0.39, 0.29) is 19.0 Å². The van der Waals surface area contributed by atoms with Gasteiger partial charge >= 0.3 is 0 Å². The molecule has 1 saturated carbocycles. The van der Waals surface area contributed by atoms with Gasteiger partial charge in [0, 0.05) is 17.5 Å². The van der Waals surface area contributed by atoms with Crippen LogP contribution in [0.5, 0.6) is 5.75 Å². The zero-order chi connectivity index (χ0) is 14.9. The number of ether oxygens (including phenoxy) is 1. The Balaban J connectivity index is 1.74. The van der Waals surface area contributed by atoms with E-state index in [4.69, 9.17) is 10.5 Å². The van der Waals surface area contributed by atoms with E-state index in [0.717, 1.165) is 4.90 Å². The van der Waals surface area contributed by atoms with Crippen molar-refractivity contribution in [3.8, 4) is 5.75 Å². The molecule has 0 bridgehead atoms. The Labute approximate surface area is 130 Å². The lowest BCUT2D eigenvalue weighted by Gasteiger charge is -2.22. The molecule has 0 aromatic heterocycles. The van der Waals surface area contributed by atoms with E-state index in [2.05, 4.69) is 4.72 Å². The van der Waals surface area contributed by atoms with Crippen LogP contribution >= 0.6 is 11.9 Å². The summed E-state index contributed by atoms with van der Waals surface area (Å²) >= 11 is 1.66. The van der Waals surface area contributed by atoms with Gasteiger partial charge in [-0.05, 0) is 55.1 Å². The van der Waals surface area contributed by atoms with Gasteiger partial charge in [0.2, 0.25) is 0 Å². The molecule has 0 spiro atoms. The first-order valence-corrected chi connectivity index (χ1v) is 8.29. The van der Waals surface area contributed by atoms with Crippen molar-refractivity contribution in [2.75, 3.05) is 13.2 Å². The van der Waals surface area contributed by atoms with E-state index in [1.807, 2.05) is 24.3 Å². The topological polar surface area (TPSA) is 47.3 Å². The third kappa shape index (κ3) is 6.08. The Bertz CT molecular complexity index is 444. The van der Waals surface area contributed by atoms with Gasteiger partial charge < -0.3 is 10.5 Å². The van der Waals surface area contributed by atoms with Crippen molar-refractivity contribution < 1.29 is 9.13 Å². The fraction of sp³-hybridized carbons (Fsp3) is 0.500. The molecule has 1 aliphatic carbocycles. The van der Waals surface area contributed by atoms with Crippen molar-refractivity contribution >= 4 is 11.9 Å². The van der Waals surface area contributed by atoms with Gasteiger partial charge in [-0.1, -0.05) is 19.3 Å². The minimum Gasteiger partial charge on any atom is -0.487 e. The Hall–Kier alpha value is -1.04. The summed E-state index contributed by atoms with van der Waals surface area (Å²) in [5.74, 6) is 0.326. The number of nitrogens with two attached hydrogens (primary N) is 1. The Morgan fingerprint density at radius 1 is 1.29 bits per heavy atom. The van der Waals surface area contributed by atoms with Gasteiger partial charge in [0.05, 0.1) is 0 Å². The van der Waals surface area contributed by atoms with Crippen molar-refractivity contribution in [3.63, 3.8) is 0 Å². The minimum atomic E-state index is -0.338. The predicted octanol–water partition coefficient (Wildman–Crippen LogP) is 3.81. The van der Waals surface area contributed by atoms with E-state index in [0.29, 0.717) is 11.8 Å². The summed E-state index contributed by atoms with van der Waals surface area (Å²) in [5.41, 5.74) is 5.23. The van der Waals surface area contributed by atoms with Crippen LogP contribution < -0.4 is 15.2 Å². The SMILES string of the molecule is NC/C=C(/F)COc1ccc(SNC2CCCCC2)cc1. The van der Waals surface area contributed by atoms with Crippen molar-refractivity contribution in [2.45, 2.75) is 43.0 Å². The Morgan fingerprint density at radius 2 is 2.00 bits per heavy atom. The van der Waals surface area contributed by atoms with Gasteiger partial charge in [0.1, 0.15) is 18.2 Å². The molecule has 0 saturated heterocycles. The number of hydrogen-bond donors (Lipinski definition) is 2. The highest BCUT2D eigenvalue weighted by molar-refractivity contribution is 7.97. The molecule has 0 unspecified atom stereocenters. The average molecular weight is 310 g/mol. The molecule has 1 aromatic carbocycles. The normalized spacial score (nSPS) is 17.0. The molecular weight excluding hydrogens is 287 g/mol. The second kappa shape index (κ2) is 9.07. The van der Waals surface area contributed by atoms with Crippen LogP contribution in [0, 0.1) is 0 Å². The minimum absolute atomic E-state index is 0.0655. The molecule has 0 amide bonds. The number of benzene rings is 1. The van der Waals surface area contributed by atoms with E-state index in [1.165, 1.54) is 38.2 Å². The maximum atomic E-state index is 13.1. The molecule has 0 aliphatic heterocycles. The molecule has 0 heterocycles. The van der Waals surface area contributed by atoms with E-state index in [9.17, 15) is 4.39 Å². The second-order valence-electron chi connectivity index (χ2n) is 5.20. The van der Waals surface area contributed by atoms with E-state index >= 15 is 0 Å². The van der Waals surface area contributed by atoms with Crippen molar-refractivity contribution in [3.05, 3.63) is 36.2 Å². The maximum Gasteiger partial charge on any atom is 0.139 e. The summed E-state index contributed by atoms with van der Waals surface area (Å²) in [6, 6.07) is 8.32. The fourth-order valence-corrected chi connectivity index (χ4v) is 3.13. The first-order valence-electron chi connectivity index (χ1n) is 7.48. The number of halogens is 1. The predicted molar refractivity (Wildman–Crippen MR) is 86.0 cm³/mol. The quantitative estimate of drug-likeness (QED) is 0.752. The molecule has 2 rings (SSSR count). The summed E-state index contributed by atoms with van der Waals surface area (Å²) in [6.07, 6.45) is 7.87. The molecule has 5 heteroatoms. The van der Waals surface area contributed by atoms with Crippen LogP contribution in [0.1, 0.15) is 32.1 Å². The lowest BCUT2D eigenvalue weighted by molar-refractivity contribution is 0.318. The molecule has 3 N–H and O–H groups in total. The van der Waals surface area contributed by atoms with Crippen LogP contribution in [0.15, 0.2) is 41.1 Å². The highest BCUT2D eigenvalue weighted by Gasteiger charge is 2.12. The molecule has 1 aliphatic rings. The van der Waals surface area contributed by atoms with Crippen molar-refractivity contribution in [1.82, 2.24) is 4.72 Å². The second-order valence-corrected chi connectivity index (χ2v) is 6.11. The first kappa shape index (κ1) is 16.3. The number of hydrogen-bond acceptors (Lipinski definition) is 4. The third-order valence-electron chi connectivity index (χ3n) is 3.49.